The van der Waals surface area contributed by atoms with Gasteiger partial charge in [0.1, 0.15) is 5.82 Å². The molecule has 0 saturated heterocycles. The first-order chi connectivity index (χ1) is 9.51. The van der Waals surface area contributed by atoms with E-state index in [0.29, 0.717) is 5.56 Å². The molecule has 0 heterocycles. The fourth-order valence-corrected chi connectivity index (χ4v) is 2.86. The van der Waals surface area contributed by atoms with Crippen LogP contribution in [0.3, 0.4) is 0 Å². The Hall–Kier alpha value is -1.95. The van der Waals surface area contributed by atoms with Crippen molar-refractivity contribution in [1.82, 2.24) is 0 Å². The molecule has 0 aliphatic carbocycles. The van der Waals surface area contributed by atoms with E-state index in [0.717, 1.165) is 6.07 Å². The van der Waals surface area contributed by atoms with Crippen LogP contribution in [-0.2, 0) is 16.6 Å². The van der Waals surface area contributed by atoms with Crippen molar-refractivity contribution in [2.75, 3.05) is 12.8 Å². The molecule has 3 nitrogen and oxygen atoms in total. The van der Waals surface area contributed by atoms with Crippen LogP contribution in [0, 0.1) is 11.6 Å². The van der Waals surface area contributed by atoms with Crippen molar-refractivity contribution in [3.05, 3.63) is 53.6 Å². The Labute approximate surface area is 117 Å². The third kappa shape index (κ3) is 3.14. The third-order valence-corrected chi connectivity index (χ3v) is 4.13. The zero-order valence-electron chi connectivity index (χ0n) is 10.7. The number of ether oxygens (including phenoxy) is 1. The van der Waals surface area contributed by atoms with Crippen LogP contribution in [0.5, 0.6) is 5.75 Å². The average molecular weight is 297 g/mol. The van der Waals surface area contributed by atoms with Crippen molar-refractivity contribution in [3.63, 3.8) is 0 Å². The number of rotatable bonds is 4. The lowest BCUT2D eigenvalue weighted by Gasteiger charge is -2.07. The van der Waals surface area contributed by atoms with Gasteiger partial charge in [0.2, 0.25) is 0 Å². The molecule has 0 bridgehead atoms. The fourth-order valence-electron chi connectivity index (χ4n) is 1.73. The van der Waals surface area contributed by atoms with E-state index in [1.807, 2.05) is 0 Å². The minimum atomic E-state index is -1.61. The van der Waals surface area contributed by atoms with E-state index in [2.05, 4.69) is 0 Å². The molecule has 20 heavy (non-hydrogen) atoms. The van der Waals surface area contributed by atoms with E-state index in [-0.39, 0.29) is 22.1 Å². The summed E-state index contributed by atoms with van der Waals surface area (Å²) in [5.41, 5.74) is 6.19. The summed E-state index contributed by atoms with van der Waals surface area (Å²) in [6.45, 7) is 0. The summed E-state index contributed by atoms with van der Waals surface area (Å²) >= 11 is 0. The second kappa shape index (κ2) is 6.00. The van der Waals surface area contributed by atoms with Gasteiger partial charge in [0.15, 0.2) is 11.6 Å². The molecule has 2 rings (SSSR count). The third-order valence-electron chi connectivity index (χ3n) is 2.72. The number of nitrogens with two attached hydrogens (primary N) is 1. The van der Waals surface area contributed by atoms with Crippen LogP contribution in [0.4, 0.5) is 14.5 Å². The van der Waals surface area contributed by atoms with Gasteiger partial charge in [0.25, 0.3) is 0 Å². The summed E-state index contributed by atoms with van der Waals surface area (Å²) in [6.07, 6.45) is 0. The molecule has 0 aliphatic heterocycles. The molecule has 1 atom stereocenters. The smallest absolute Gasteiger partial charge is 0.165 e. The molecule has 2 aromatic carbocycles. The number of hydrogen-bond donors (Lipinski definition) is 1. The Kier molecular flexibility index (Phi) is 4.34. The predicted octanol–water partition coefficient (Wildman–Crippen LogP) is 2.86. The Bertz CT molecular complexity index is 662. The second-order valence-corrected chi connectivity index (χ2v) is 5.57. The number of benzene rings is 2. The van der Waals surface area contributed by atoms with E-state index >= 15 is 0 Å². The SMILES string of the molecule is COc1ccc(CS(=O)c2ccc(N)cc2F)cc1F. The van der Waals surface area contributed by atoms with Gasteiger partial charge in [-0.25, -0.2) is 8.78 Å². The van der Waals surface area contributed by atoms with Crippen molar-refractivity contribution in [1.29, 1.82) is 0 Å². The standard InChI is InChI=1S/C14H13F2NO2S/c1-19-13-4-2-9(6-11(13)15)8-20(18)14-5-3-10(17)7-12(14)16/h2-7H,8,17H2,1H3. The first-order valence-electron chi connectivity index (χ1n) is 5.77. The van der Waals surface area contributed by atoms with E-state index in [1.165, 1.54) is 31.4 Å². The maximum Gasteiger partial charge on any atom is 0.165 e. The molecule has 1 unspecified atom stereocenters. The Morgan fingerprint density at radius 1 is 1.15 bits per heavy atom. The van der Waals surface area contributed by atoms with Crippen molar-refractivity contribution in [3.8, 4) is 5.75 Å². The van der Waals surface area contributed by atoms with Gasteiger partial charge in [-0.3, -0.25) is 4.21 Å². The van der Waals surface area contributed by atoms with E-state index < -0.39 is 22.4 Å². The molecule has 2 N–H and O–H groups in total. The molecule has 106 valence electrons. The molecule has 0 aromatic heterocycles. The molecular formula is C14H13F2NO2S. The lowest BCUT2D eigenvalue weighted by Crippen LogP contribution is -2.01. The predicted molar refractivity (Wildman–Crippen MR) is 73.9 cm³/mol. The summed E-state index contributed by atoms with van der Waals surface area (Å²) in [5.74, 6) is -1.04. The zero-order chi connectivity index (χ0) is 14.7. The average Bonchev–Trinajstić information content (AvgIpc) is 2.38. The highest BCUT2D eigenvalue weighted by Gasteiger charge is 2.12. The first kappa shape index (κ1) is 14.5. The summed E-state index contributed by atoms with van der Waals surface area (Å²) in [6, 6.07) is 8.23. The molecule has 0 amide bonds. The molecule has 6 heteroatoms. The van der Waals surface area contributed by atoms with Crippen LogP contribution in [0.25, 0.3) is 0 Å². The van der Waals surface area contributed by atoms with E-state index in [9.17, 15) is 13.0 Å². The van der Waals surface area contributed by atoms with Gasteiger partial charge in [-0.2, -0.15) is 0 Å². The second-order valence-electron chi connectivity index (χ2n) is 4.15. The minimum absolute atomic E-state index is 0.0156. The van der Waals surface area contributed by atoms with Gasteiger partial charge < -0.3 is 10.5 Å². The van der Waals surface area contributed by atoms with Crippen LogP contribution in [0.15, 0.2) is 41.3 Å². The maximum absolute atomic E-state index is 13.6. The van der Waals surface area contributed by atoms with Crippen molar-refractivity contribution < 1.29 is 17.7 Å². The number of anilines is 1. The lowest BCUT2D eigenvalue weighted by molar-refractivity contribution is 0.386. The molecule has 0 spiro atoms. The van der Waals surface area contributed by atoms with Crippen LogP contribution in [-0.4, -0.2) is 11.3 Å². The Morgan fingerprint density at radius 2 is 1.90 bits per heavy atom. The first-order valence-corrected chi connectivity index (χ1v) is 7.09. The van der Waals surface area contributed by atoms with Gasteiger partial charge in [0, 0.05) is 5.69 Å². The Morgan fingerprint density at radius 3 is 2.50 bits per heavy atom. The van der Waals surface area contributed by atoms with Crippen LogP contribution in [0.1, 0.15) is 5.56 Å². The van der Waals surface area contributed by atoms with Gasteiger partial charge in [-0.05, 0) is 35.9 Å². The molecule has 0 radical (unpaired) electrons. The number of methoxy groups -OCH3 is 1. The van der Waals surface area contributed by atoms with E-state index in [1.54, 1.807) is 6.07 Å². The highest BCUT2D eigenvalue weighted by atomic mass is 32.2. The summed E-state index contributed by atoms with van der Waals surface area (Å²) < 4.78 is 44.0. The molecular weight excluding hydrogens is 284 g/mol. The zero-order valence-corrected chi connectivity index (χ0v) is 11.5. The van der Waals surface area contributed by atoms with Gasteiger partial charge in [-0.15, -0.1) is 0 Å². The Balaban J connectivity index is 2.21. The van der Waals surface area contributed by atoms with Crippen molar-refractivity contribution in [2.24, 2.45) is 0 Å². The number of nitrogen functional groups attached to an aromatic ring is 1. The number of halogens is 2. The minimum Gasteiger partial charge on any atom is -0.494 e. The monoisotopic (exact) mass is 297 g/mol. The number of hydrogen-bond acceptors (Lipinski definition) is 3. The van der Waals surface area contributed by atoms with Gasteiger partial charge in [-0.1, -0.05) is 6.07 Å². The largest absolute Gasteiger partial charge is 0.494 e. The maximum atomic E-state index is 13.6. The van der Waals surface area contributed by atoms with Crippen molar-refractivity contribution >= 4 is 16.5 Å². The molecule has 0 saturated carbocycles. The van der Waals surface area contributed by atoms with E-state index in [4.69, 9.17) is 10.5 Å². The highest BCUT2D eigenvalue weighted by molar-refractivity contribution is 7.84. The van der Waals surface area contributed by atoms with Gasteiger partial charge in [0.05, 0.1) is 28.6 Å². The lowest BCUT2D eigenvalue weighted by atomic mass is 10.2. The summed E-state index contributed by atoms with van der Waals surface area (Å²) in [5, 5.41) is 0. The van der Waals surface area contributed by atoms with Crippen LogP contribution < -0.4 is 10.5 Å². The van der Waals surface area contributed by atoms with Gasteiger partial charge >= 0.3 is 0 Å². The quantitative estimate of drug-likeness (QED) is 0.883. The highest BCUT2D eigenvalue weighted by Crippen LogP contribution is 2.22. The molecule has 2 aromatic rings. The normalized spacial score (nSPS) is 12.2. The van der Waals surface area contributed by atoms with Crippen LogP contribution >= 0.6 is 0 Å². The fraction of sp³-hybridized carbons (Fsp3) is 0.143. The van der Waals surface area contributed by atoms with Crippen LogP contribution in [0.2, 0.25) is 0 Å². The molecule has 0 fully saturated rings. The topological polar surface area (TPSA) is 52.3 Å². The van der Waals surface area contributed by atoms with Crippen molar-refractivity contribution in [2.45, 2.75) is 10.6 Å². The molecule has 0 aliphatic rings. The summed E-state index contributed by atoms with van der Waals surface area (Å²) in [7, 11) is -0.248. The summed E-state index contributed by atoms with van der Waals surface area (Å²) in [4.78, 5) is 0.0513.